The molecule has 0 bridgehead atoms. The zero-order valence-corrected chi connectivity index (χ0v) is 9.43. The largest absolute Gasteiger partial charge is 0.497 e. The van der Waals surface area contributed by atoms with Crippen LogP contribution in [0.3, 0.4) is 0 Å². The summed E-state index contributed by atoms with van der Waals surface area (Å²) >= 11 is 0. The van der Waals surface area contributed by atoms with Gasteiger partial charge in [-0.1, -0.05) is 0 Å². The maximum atomic E-state index is 10.4. The lowest BCUT2D eigenvalue weighted by Crippen LogP contribution is -1.89. The average Bonchev–Trinajstić information content (AvgIpc) is 2.38. The lowest BCUT2D eigenvalue weighted by atomic mass is 10.2. The van der Waals surface area contributed by atoms with Gasteiger partial charge in [0.15, 0.2) is 0 Å². The molecule has 0 saturated carbocycles. The molecule has 1 aromatic rings. The average molecular weight is 226 g/mol. The Bertz CT molecular complexity index is 313. The molecule has 88 valence electrons. The maximum Gasteiger partial charge on any atom is 0.292 e. The predicted octanol–water partition coefficient (Wildman–Crippen LogP) is 1.31. The number of ether oxygens (including phenoxy) is 3. The molecule has 0 amide bonds. The molecule has 0 aromatic heterocycles. The second-order valence-corrected chi connectivity index (χ2v) is 2.60. The summed E-state index contributed by atoms with van der Waals surface area (Å²) in [5.41, 5.74) is 0.547. The van der Waals surface area contributed by atoms with Crippen LogP contribution < -0.4 is 9.47 Å². The third-order valence-electron chi connectivity index (χ3n) is 1.61. The molecule has 1 aromatic carbocycles. The lowest BCUT2D eigenvalue weighted by molar-refractivity contribution is -0.126. The van der Waals surface area contributed by atoms with Gasteiger partial charge in [-0.15, -0.1) is 0 Å². The number of aldehydes is 1. The highest BCUT2D eigenvalue weighted by Crippen LogP contribution is 2.21. The highest BCUT2D eigenvalue weighted by atomic mass is 16.5. The Labute approximate surface area is 93.9 Å². The molecule has 0 heterocycles. The fourth-order valence-electron chi connectivity index (χ4n) is 0.897. The Morgan fingerprint density at radius 3 is 1.62 bits per heavy atom. The first-order chi connectivity index (χ1) is 7.71. The topological polar surface area (TPSA) is 61.8 Å². The lowest BCUT2D eigenvalue weighted by Gasteiger charge is -2.04. The molecule has 0 N–H and O–H groups in total. The Morgan fingerprint density at radius 2 is 1.38 bits per heavy atom. The van der Waals surface area contributed by atoms with E-state index in [9.17, 15) is 4.79 Å². The van der Waals surface area contributed by atoms with Gasteiger partial charge in [0.1, 0.15) is 17.8 Å². The van der Waals surface area contributed by atoms with Crippen LogP contribution in [0.1, 0.15) is 10.4 Å². The van der Waals surface area contributed by atoms with Gasteiger partial charge in [-0.05, 0) is 12.1 Å². The van der Waals surface area contributed by atoms with Crippen molar-refractivity contribution < 1.29 is 23.8 Å². The van der Waals surface area contributed by atoms with Gasteiger partial charge in [-0.25, -0.2) is 0 Å². The molecule has 0 spiro atoms. The Morgan fingerprint density at radius 1 is 0.938 bits per heavy atom. The van der Waals surface area contributed by atoms with Gasteiger partial charge in [0.2, 0.25) is 0 Å². The van der Waals surface area contributed by atoms with Crippen molar-refractivity contribution in [1.82, 2.24) is 0 Å². The van der Waals surface area contributed by atoms with Crippen molar-refractivity contribution in [3.05, 3.63) is 23.8 Å². The smallest absolute Gasteiger partial charge is 0.292 e. The van der Waals surface area contributed by atoms with Gasteiger partial charge in [-0.3, -0.25) is 9.59 Å². The third kappa shape index (κ3) is 4.99. The van der Waals surface area contributed by atoms with Crippen molar-refractivity contribution in [3.8, 4) is 11.5 Å². The van der Waals surface area contributed by atoms with Gasteiger partial charge in [0.05, 0.1) is 21.3 Å². The molecule has 0 unspecified atom stereocenters. The molecule has 0 radical (unpaired) electrons. The van der Waals surface area contributed by atoms with Crippen LogP contribution in [0.15, 0.2) is 18.2 Å². The first-order valence-corrected chi connectivity index (χ1v) is 4.36. The van der Waals surface area contributed by atoms with Crippen molar-refractivity contribution in [2.45, 2.75) is 0 Å². The SMILES string of the molecule is COC=O.COc1cc(C=O)cc(OC)c1. The van der Waals surface area contributed by atoms with E-state index in [2.05, 4.69) is 4.74 Å². The summed E-state index contributed by atoms with van der Waals surface area (Å²) in [7, 11) is 4.40. The predicted molar refractivity (Wildman–Crippen MR) is 58.0 cm³/mol. The van der Waals surface area contributed by atoms with Gasteiger partial charge >= 0.3 is 0 Å². The van der Waals surface area contributed by atoms with E-state index in [1.54, 1.807) is 32.4 Å². The molecule has 0 atom stereocenters. The number of hydrogen-bond acceptors (Lipinski definition) is 5. The standard InChI is InChI=1S/C9H10O3.C2H4O2/c1-11-8-3-7(6-10)4-9(5-8)12-2;1-4-2-3/h3-6H,1-2H3;2H,1H3. The Balaban J connectivity index is 0.000000487. The first kappa shape index (κ1) is 14.0. The van der Waals surface area contributed by atoms with Crippen LogP contribution in [-0.2, 0) is 9.53 Å². The number of methoxy groups -OCH3 is 3. The van der Waals surface area contributed by atoms with Gasteiger partial charge in [-0.2, -0.15) is 0 Å². The van der Waals surface area contributed by atoms with Crippen LogP contribution >= 0.6 is 0 Å². The van der Waals surface area contributed by atoms with Crippen LogP contribution in [0.4, 0.5) is 0 Å². The highest BCUT2D eigenvalue weighted by Gasteiger charge is 1.99. The molecule has 0 saturated heterocycles. The van der Waals surface area contributed by atoms with E-state index in [4.69, 9.17) is 14.3 Å². The number of rotatable bonds is 4. The van der Waals surface area contributed by atoms with E-state index in [0.717, 1.165) is 6.29 Å². The van der Waals surface area contributed by atoms with Gasteiger partial charge < -0.3 is 14.2 Å². The highest BCUT2D eigenvalue weighted by molar-refractivity contribution is 5.76. The van der Waals surface area contributed by atoms with Crippen molar-refractivity contribution in [1.29, 1.82) is 0 Å². The van der Waals surface area contributed by atoms with Crippen molar-refractivity contribution in [2.24, 2.45) is 0 Å². The second kappa shape index (κ2) is 8.28. The van der Waals surface area contributed by atoms with Gasteiger partial charge in [0, 0.05) is 11.6 Å². The number of carbonyl (C=O) groups excluding carboxylic acids is 2. The maximum absolute atomic E-state index is 10.4. The Kier molecular flexibility index (Phi) is 7.23. The summed E-state index contributed by atoms with van der Waals surface area (Å²) in [5.74, 6) is 1.24. The summed E-state index contributed by atoms with van der Waals surface area (Å²) < 4.78 is 13.8. The quantitative estimate of drug-likeness (QED) is 0.724. The normalized spacial score (nSPS) is 8.19. The van der Waals surface area contributed by atoms with E-state index in [1.165, 1.54) is 7.11 Å². The summed E-state index contributed by atoms with van der Waals surface area (Å²) in [4.78, 5) is 19.4. The summed E-state index contributed by atoms with van der Waals surface area (Å²) in [5, 5.41) is 0. The van der Waals surface area contributed by atoms with Crippen LogP contribution in [0.2, 0.25) is 0 Å². The number of hydrogen-bond donors (Lipinski definition) is 0. The van der Waals surface area contributed by atoms with Crippen LogP contribution in [0.25, 0.3) is 0 Å². The minimum atomic E-state index is 0.375. The fraction of sp³-hybridized carbons (Fsp3) is 0.273. The summed E-state index contributed by atoms with van der Waals surface area (Å²) in [6.45, 7) is 0.375. The molecule has 16 heavy (non-hydrogen) atoms. The zero-order chi connectivity index (χ0) is 12.4. The van der Waals surface area contributed by atoms with Crippen molar-refractivity contribution >= 4 is 12.8 Å². The summed E-state index contributed by atoms with van der Waals surface area (Å²) in [6, 6.07) is 5.01. The van der Waals surface area contributed by atoms with Crippen LogP contribution in [0.5, 0.6) is 11.5 Å². The van der Waals surface area contributed by atoms with Crippen LogP contribution in [-0.4, -0.2) is 34.1 Å². The molecule has 0 fully saturated rings. The molecule has 1 rings (SSSR count). The molecular weight excluding hydrogens is 212 g/mol. The molecule has 0 aliphatic heterocycles. The summed E-state index contributed by atoms with van der Waals surface area (Å²) in [6.07, 6.45) is 0.755. The molecule has 5 nitrogen and oxygen atoms in total. The molecular formula is C11H14O5. The van der Waals surface area contributed by atoms with E-state index < -0.39 is 0 Å². The van der Waals surface area contributed by atoms with E-state index >= 15 is 0 Å². The van der Waals surface area contributed by atoms with E-state index in [-0.39, 0.29) is 0 Å². The van der Waals surface area contributed by atoms with Crippen molar-refractivity contribution in [3.63, 3.8) is 0 Å². The zero-order valence-electron chi connectivity index (χ0n) is 9.43. The van der Waals surface area contributed by atoms with Gasteiger partial charge in [0.25, 0.3) is 6.47 Å². The molecule has 0 aliphatic carbocycles. The van der Waals surface area contributed by atoms with E-state index in [1.807, 2.05) is 0 Å². The second-order valence-electron chi connectivity index (χ2n) is 2.60. The third-order valence-corrected chi connectivity index (χ3v) is 1.61. The number of carbonyl (C=O) groups is 2. The minimum Gasteiger partial charge on any atom is -0.497 e. The van der Waals surface area contributed by atoms with E-state index in [0.29, 0.717) is 23.5 Å². The fourth-order valence-corrected chi connectivity index (χ4v) is 0.897. The Hall–Kier alpha value is -2.04. The van der Waals surface area contributed by atoms with Crippen LogP contribution in [0, 0.1) is 0 Å². The first-order valence-electron chi connectivity index (χ1n) is 4.36. The minimum absolute atomic E-state index is 0.375. The monoisotopic (exact) mass is 226 g/mol. The number of benzene rings is 1. The molecule has 0 aliphatic rings. The van der Waals surface area contributed by atoms with Crippen molar-refractivity contribution in [2.75, 3.05) is 21.3 Å². The molecule has 5 heteroatoms.